The molecule has 176 valence electrons. The molecule has 1 aliphatic heterocycles. The van der Waals surface area contributed by atoms with Crippen molar-refractivity contribution >= 4 is 17.8 Å². The van der Waals surface area contributed by atoms with E-state index < -0.39 is 5.54 Å². The minimum atomic E-state index is -0.629. The van der Waals surface area contributed by atoms with Crippen LogP contribution in [-0.2, 0) is 9.59 Å². The number of likely N-dealkylation sites (tertiary alicyclic amines) is 1. The molecule has 8 heteroatoms. The van der Waals surface area contributed by atoms with Crippen LogP contribution in [0.3, 0.4) is 0 Å². The number of hydrogen-bond acceptors (Lipinski definition) is 4. The largest absolute Gasteiger partial charge is 0.355 e. The maximum Gasteiger partial charge on any atom is 0.315 e. The van der Waals surface area contributed by atoms with Crippen molar-refractivity contribution in [2.24, 2.45) is 11.3 Å². The smallest absolute Gasteiger partial charge is 0.315 e. The zero-order chi connectivity index (χ0) is 23.4. The molecule has 4 N–H and O–H groups in total. The summed E-state index contributed by atoms with van der Waals surface area (Å²) in [6.07, 6.45) is 4.33. The Hall–Kier alpha value is -2.09. The lowest BCUT2D eigenvalue weighted by Gasteiger charge is -2.33. The second-order valence-electron chi connectivity index (χ2n) is 10.0. The third kappa shape index (κ3) is 5.99. The van der Waals surface area contributed by atoms with Crippen molar-refractivity contribution in [1.29, 1.82) is 0 Å². The van der Waals surface area contributed by atoms with Crippen molar-refractivity contribution in [3.8, 4) is 0 Å². The van der Waals surface area contributed by atoms with Gasteiger partial charge in [0.2, 0.25) is 11.8 Å². The van der Waals surface area contributed by atoms with Gasteiger partial charge in [0.05, 0.1) is 6.54 Å². The highest BCUT2D eigenvalue weighted by Crippen LogP contribution is 2.45. The maximum atomic E-state index is 12.8. The Kier molecular flexibility index (Phi) is 8.14. The molecule has 5 atom stereocenters. The standard InChI is InChI=1S/C23H41N5O3/c1-8-17-13-23(17,20(30)24-9-2)27-15(3)18-11-10-12-28(18)19(29)14-25-21(31)26-16(4)22(5,6)7/h8,15-18,27H,1,9-14H2,2-7H3,(H,24,30)(H2,25,26,31)/t15?,16?,17?,18-,23+/m0/s1. The number of urea groups is 1. The zero-order valence-electron chi connectivity index (χ0n) is 20.0. The van der Waals surface area contributed by atoms with E-state index in [0.717, 1.165) is 19.3 Å². The van der Waals surface area contributed by atoms with Crippen molar-refractivity contribution in [1.82, 2.24) is 26.2 Å². The van der Waals surface area contributed by atoms with Gasteiger partial charge in [-0.25, -0.2) is 4.79 Å². The molecule has 0 spiro atoms. The summed E-state index contributed by atoms with van der Waals surface area (Å²) < 4.78 is 0. The van der Waals surface area contributed by atoms with Crippen LogP contribution in [0.15, 0.2) is 12.7 Å². The minimum absolute atomic E-state index is 0.00562. The Morgan fingerprint density at radius 1 is 1.23 bits per heavy atom. The summed E-state index contributed by atoms with van der Waals surface area (Å²) >= 11 is 0. The number of rotatable bonds is 9. The number of nitrogens with one attached hydrogen (secondary N) is 4. The highest BCUT2D eigenvalue weighted by molar-refractivity contribution is 5.90. The van der Waals surface area contributed by atoms with Crippen molar-refractivity contribution in [2.45, 2.75) is 84.5 Å². The molecule has 0 radical (unpaired) electrons. The van der Waals surface area contributed by atoms with Crippen LogP contribution in [0.5, 0.6) is 0 Å². The fourth-order valence-corrected chi connectivity index (χ4v) is 4.23. The first-order valence-electron chi connectivity index (χ1n) is 11.5. The molecule has 4 amide bonds. The molecule has 2 fully saturated rings. The lowest BCUT2D eigenvalue weighted by molar-refractivity contribution is -0.131. The van der Waals surface area contributed by atoms with Crippen LogP contribution in [0.1, 0.15) is 60.8 Å². The van der Waals surface area contributed by atoms with Crippen molar-refractivity contribution in [2.75, 3.05) is 19.6 Å². The fraction of sp³-hybridized carbons (Fsp3) is 0.783. The molecule has 0 aromatic carbocycles. The van der Waals surface area contributed by atoms with Crippen LogP contribution in [0.25, 0.3) is 0 Å². The van der Waals surface area contributed by atoms with Crippen LogP contribution in [0.2, 0.25) is 0 Å². The number of carbonyl (C=O) groups is 3. The van der Waals surface area contributed by atoms with Crippen LogP contribution in [-0.4, -0.2) is 66.0 Å². The van der Waals surface area contributed by atoms with Gasteiger partial charge in [0.15, 0.2) is 0 Å². The van der Waals surface area contributed by atoms with E-state index in [1.807, 2.05) is 31.7 Å². The van der Waals surface area contributed by atoms with Crippen LogP contribution in [0, 0.1) is 11.3 Å². The molecule has 31 heavy (non-hydrogen) atoms. The van der Waals surface area contributed by atoms with E-state index in [2.05, 4.69) is 48.6 Å². The summed E-state index contributed by atoms with van der Waals surface area (Å²) in [6.45, 7) is 17.1. The molecule has 1 heterocycles. The topological polar surface area (TPSA) is 103 Å². The van der Waals surface area contributed by atoms with E-state index in [1.54, 1.807) is 0 Å². The first-order valence-corrected chi connectivity index (χ1v) is 11.5. The summed E-state index contributed by atoms with van der Waals surface area (Å²) in [4.78, 5) is 39.5. The van der Waals surface area contributed by atoms with Gasteiger partial charge in [-0.1, -0.05) is 26.8 Å². The van der Waals surface area contributed by atoms with Gasteiger partial charge in [-0.05, 0) is 45.4 Å². The highest BCUT2D eigenvalue weighted by atomic mass is 16.2. The summed E-state index contributed by atoms with van der Waals surface area (Å²) in [7, 11) is 0. The molecule has 0 aromatic heterocycles. The van der Waals surface area contributed by atoms with Gasteiger partial charge in [0.1, 0.15) is 5.54 Å². The Morgan fingerprint density at radius 2 is 1.90 bits per heavy atom. The van der Waals surface area contributed by atoms with Crippen LogP contribution < -0.4 is 21.3 Å². The minimum Gasteiger partial charge on any atom is -0.355 e. The summed E-state index contributed by atoms with van der Waals surface area (Å²) in [5.41, 5.74) is -0.690. The van der Waals surface area contributed by atoms with Gasteiger partial charge in [-0.3, -0.25) is 14.9 Å². The third-order valence-electron chi connectivity index (χ3n) is 6.77. The van der Waals surface area contributed by atoms with E-state index in [9.17, 15) is 14.4 Å². The Bertz CT molecular complexity index is 689. The van der Waals surface area contributed by atoms with E-state index >= 15 is 0 Å². The lowest BCUT2D eigenvalue weighted by Crippen LogP contribution is -2.57. The lowest BCUT2D eigenvalue weighted by atomic mass is 9.88. The second-order valence-corrected chi connectivity index (χ2v) is 10.0. The maximum absolute atomic E-state index is 12.8. The summed E-state index contributed by atoms with van der Waals surface area (Å²) in [5, 5.41) is 12.0. The van der Waals surface area contributed by atoms with Gasteiger partial charge in [-0.2, -0.15) is 0 Å². The van der Waals surface area contributed by atoms with E-state index in [1.165, 1.54) is 0 Å². The third-order valence-corrected chi connectivity index (χ3v) is 6.77. The predicted octanol–water partition coefficient (Wildman–Crippen LogP) is 1.77. The van der Waals surface area contributed by atoms with E-state index in [0.29, 0.717) is 13.1 Å². The molecular weight excluding hydrogens is 394 g/mol. The van der Waals surface area contributed by atoms with Crippen molar-refractivity contribution in [3.05, 3.63) is 12.7 Å². The molecule has 2 aliphatic rings. The monoisotopic (exact) mass is 435 g/mol. The molecule has 2 rings (SSSR count). The van der Waals surface area contributed by atoms with Gasteiger partial charge < -0.3 is 20.9 Å². The second kappa shape index (κ2) is 10.0. The number of likely N-dealkylation sites (N-methyl/N-ethyl adjacent to an activating group) is 1. The Morgan fingerprint density at radius 3 is 2.45 bits per heavy atom. The van der Waals surface area contributed by atoms with Gasteiger partial charge in [0, 0.05) is 37.1 Å². The Balaban J connectivity index is 1.92. The molecule has 1 saturated carbocycles. The van der Waals surface area contributed by atoms with E-state index in [4.69, 9.17) is 0 Å². The quantitative estimate of drug-likeness (QED) is 0.415. The van der Waals surface area contributed by atoms with Crippen molar-refractivity contribution in [3.63, 3.8) is 0 Å². The summed E-state index contributed by atoms with van der Waals surface area (Å²) in [5.74, 6) is -0.00556. The first-order chi connectivity index (χ1) is 14.5. The number of carbonyl (C=O) groups excluding carboxylic acids is 3. The molecular formula is C23H41N5O3. The molecule has 8 nitrogen and oxygen atoms in total. The Labute approximate surface area is 187 Å². The van der Waals surface area contributed by atoms with Gasteiger partial charge in [0.25, 0.3) is 0 Å². The van der Waals surface area contributed by atoms with Crippen LogP contribution >= 0.6 is 0 Å². The average molecular weight is 436 g/mol. The van der Waals surface area contributed by atoms with Gasteiger partial charge in [-0.15, -0.1) is 6.58 Å². The molecule has 0 bridgehead atoms. The summed E-state index contributed by atoms with van der Waals surface area (Å²) in [6, 6.07) is -0.412. The van der Waals surface area contributed by atoms with Crippen molar-refractivity contribution < 1.29 is 14.4 Å². The SMILES string of the molecule is C=CC1C[C@]1(NC(C)[C@@H]1CCCN1C(=O)CNC(=O)NC(C)C(C)(C)C)C(=O)NCC. The zero-order valence-corrected chi connectivity index (χ0v) is 20.0. The number of nitrogens with zero attached hydrogens (tertiary/aromatic N) is 1. The molecule has 0 aromatic rings. The number of hydrogen-bond donors (Lipinski definition) is 4. The average Bonchev–Trinajstić information content (AvgIpc) is 3.18. The molecule has 1 aliphatic carbocycles. The number of amides is 4. The van der Waals surface area contributed by atoms with Crippen LogP contribution in [0.4, 0.5) is 4.79 Å². The highest BCUT2D eigenvalue weighted by Gasteiger charge is 2.59. The molecule has 3 unspecified atom stereocenters. The fourth-order valence-electron chi connectivity index (χ4n) is 4.23. The first kappa shape index (κ1) is 25.2. The van der Waals surface area contributed by atoms with Gasteiger partial charge >= 0.3 is 6.03 Å². The molecule has 1 saturated heterocycles. The van der Waals surface area contributed by atoms with E-state index in [-0.39, 0.29) is 53.8 Å². The predicted molar refractivity (Wildman–Crippen MR) is 123 cm³/mol. The normalized spacial score (nSPS) is 27.2.